The van der Waals surface area contributed by atoms with Gasteiger partial charge in [0.25, 0.3) is 0 Å². The Kier molecular flexibility index (Phi) is 3.56. The van der Waals surface area contributed by atoms with Crippen LogP contribution in [0.3, 0.4) is 0 Å². The van der Waals surface area contributed by atoms with Crippen molar-refractivity contribution in [1.29, 1.82) is 0 Å². The highest BCUT2D eigenvalue weighted by Crippen LogP contribution is 2.42. The van der Waals surface area contributed by atoms with Crippen molar-refractivity contribution < 1.29 is 18.0 Å². The summed E-state index contributed by atoms with van der Waals surface area (Å²) < 4.78 is 38.2. The van der Waals surface area contributed by atoms with Crippen molar-refractivity contribution in [2.24, 2.45) is 0 Å². The zero-order valence-corrected chi connectivity index (χ0v) is 10.9. The second-order valence-electron chi connectivity index (χ2n) is 5.12. The molecule has 2 rings (SSSR count). The maximum atomic E-state index is 12.7. The summed E-state index contributed by atoms with van der Waals surface area (Å²) in [4.78, 5) is 12.7. The Morgan fingerprint density at radius 3 is 2.63 bits per heavy atom. The van der Waals surface area contributed by atoms with Gasteiger partial charge in [-0.15, -0.1) is 0 Å². The highest BCUT2D eigenvalue weighted by atomic mass is 19.4. The molecule has 5 heteroatoms. The predicted octanol–water partition coefficient (Wildman–Crippen LogP) is 3.61. The number of aldehydes is 1. The minimum Gasteiger partial charge on any atom is -0.368 e. The van der Waals surface area contributed by atoms with Crippen molar-refractivity contribution in [3.63, 3.8) is 0 Å². The molecule has 1 aromatic rings. The Balaban J connectivity index is 2.45. The summed E-state index contributed by atoms with van der Waals surface area (Å²) >= 11 is 0. The monoisotopic (exact) mass is 271 g/mol. The zero-order valence-electron chi connectivity index (χ0n) is 10.9. The first-order valence-electron chi connectivity index (χ1n) is 6.26. The maximum Gasteiger partial charge on any atom is 0.416 e. The van der Waals surface area contributed by atoms with Crippen LogP contribution in [-0.4, -0.2) is 18.9 Å². The largest absolute Gasteiger partial charge is 0.416 e. The van der Waals surface area contributed by atoms with Crippen molar-refractivity contribution in [3.8, 4) is 0 Å². The molecule has 1 heterocycles. The van der Waals surface area contributed by atoms with Crippen molar-refractivity contribution in [2.45, 2.75) is 38.4 Å². The summed E-state index contributed by atoms with van der Waals surface area (Å²) in [6.45, 7) is 4.59. The number of alkyl halides is 3. The van der Waals surface area contributed by atoms with E-state index in [1.54, 1.807) is 0 Å². The summed E-state index contributed by atoms with van der Waals surface area (Å²) in [6, 6.07) is 4.01. The Hall–Kier alpha value is -1.52. The zero-order chi connectivity index (χ0) is 14.2. The third-order valence-corrected chi connectivity index (χ3v) is 3.53. The quantitative estimate of drug-likeness (QED) is 0.783. The third-order valence-electron chi connectivity index (χ3n) is 3.53. The summed E-state index contributed by atoms with van der Waals surface area (Å²) in [7, 11) is 0. The van der Waals surface area contributed by atoms with E-state index in [9.17, 15) is 18.0 Å². The molecule has 104 valence electrons. The number of hydrogen-bond acceptors (Lipinski definition) is 2. The fourth-order valence-electron chi connectivity index (χ4n) is 2.56. The lowest BCUT2D eigenvalue weighted by molar-refractivity contribution is -0.137. The Bertz CT molecular complexity index is 482. The van der Waals surface area contributed by atoms with Gasteiger partial charge in [-0.05, 0) is 37.6 Å². The van der Waals surface area contributed by atoms with Crippen LogP contribution in [0.2, 0.25) is 0 Å². The highest BCUT2D eigenvalue weighted by molar-refractivity contribution is 5.65. The number of anilines is 1. The maximum absolute atomic E-state index is 12.7. The van der Waals surface area contributed by atoms with Crippen LogP contribution in [-0.2, 0) is 11.0 Å². The molecule has 1 unspecified atom stereocenters. The summed E-state index contributed by atoms with van der Waals surface area (Å²) in [5, 5.41) is 0. The number of nitrogens with zero attached hydrogens (tertiary/aromatic N) is 1. The van der Waals surface area contributed by atoms with E-state index in [1.165, 1.54) is 12.1 Å². The second kappa shape index (κ2) is 4.87. The van der Waals surface area contributed by atoms with Crippen LogP contribution < -0.4 is 4.90 Å². The molecule has 0 saturated heterocycles. The van der Waals surface area contributed by atoms with Crippen molar-refractivity contribution in [2.75, 3.05) is 11.4 Å². The second-order valence-corrected chi connectivity index (χ2v) is 5.12. The number of benzene rings is 1. The van der Waals surface area contributed by atoms with E-state index < -0.39 is 11.7 Å². The van der Waals surface area contributed by atoms with Gasteiger partial charge in [-0.2, -0.15) is 13.2 Å². The van der Waals surface area contributed by atoms with E-state index >= 15 is 0 Å². The van der Waals surface area contributed by atoms with Gasteiger partial charge in [0.15, 0.2) is 0 Å². The Morgan fingerprint density at radius 2 is 2.11 bits per heavy atom. The van der Waals surface area contributed by atoms with Gasteiger partial charge < -0.3 is 9.69 Å². The molecule has 2 nitrogen and oxygen atoms in total. The van der Waals surface area contributed by atoms with Crippen LogP contribution in [0.25, 0.3) is 0 Å². The van der Waals surface area contributed by atoms with E-state index in [0.717, 1.165) is 18.0 Å². The SMILES string of the molecule is CC(C)N1CC(CC=O)c2cc(C(F)(F)F)ccc21. The van der Waals surface area contributed by atoms with Crippen molar-refractivity contribution in [3.05, 3.63) is 29.3 Å². The molecule has 0 amide bonds. The Morgan fingerprint density at radius 1 is 1.42 bits per heavy atom. The fraction of sp³-hybridized carbons (Fsp3) is 0.500. The lowest BCUT2D eigenvalue weighted by Crippen LogP contribution is -2.29. The van der Waals surface area contributed by atoms with Gasteiger partial charge >= 0.3 is 6.18 Å². The van der Waals surface area contributed by atoms with Gasteiger partial charge in [0.2, 0.25) is 0 Å². The fourth-order valence-corrected chi connectivity index (χ4v) is 2.56. The summed E-state index contributed by atoms with van der Waals surface area (Å²) in [6.07, 6.45) is -3.30. The molecule has 0 fully saturated rings. The number of halogens is 3. The van der Waals surface area contributed by atoms with E-state index in [2.05, 4.69) is 0 Å². The van der Waals surface area contributed by atoms with Gasteiger partial charge in [-0.1, -0.05) is 0 Å². The van der Waals surface area contributed by atoms with Crippen LogP contribution in [0.5, 0.6) is 0 Å². The molecule has 1 aliphatic rings. The van der Waals surface area contributed by atoms with Gasteiger partial charge in [-0.3, -0.25) is 0 Å². The first kappa shape index (κ1) is 13.9. The van der Waals surface area contributed by atoms with E-state index in [4.69, 9.17) is 0 Å². The van der Waals surface area contributed by atoms with E-state index in [0.29, 0.717) is 12.1 Å². The number of rotatable bonds is 3. The van der Waals surface area contributed by atoms with E-state index in [1.807, 2.05) is 18.7 Å². The average Bonchev–Trinajstić information content (AvgIpc) is 2.67. The van der Waals surface area contributed by atoms with Crippen LogP contribution in [0, 0.1) is 0 Å². The summed E-state index contributed by atoms with van der Waals surface area (Å²) in [5.74, 6) is -0.141. The normalized spacial score (nSPS) is 18.8. The van der Waals surface area contributed by atoms with Gasteiger partial charge in [0.1, 0.15) is 6.29 Å². The standard InChI is InChI=1S/C14H16F3NO/c1-9(2)18-8-10(5-6-19)12-7-11(14(15,16)17)3-4-13(12)18/h3-4,6-7,9-10H,5,8H2,1-2H3. The summed E-state index contributed by atoms with van der Waals surface area (Å²) in [5.41, 5.74) is 0.804. The number of fused-ring (bicyclic) bond motifs is 1. The molecule has 0 aromatic heterocycles. The number of carbonyl (C=O) groups excluding carboxylic acids is 1. The van der Waals surface area contributed by atoms with Gasteiger partial charge in [0, 0.05) is 30.6 Å². The third kappa shape index (κ3) is 2.60. The van der Waals surface area contributed by atoms with E-state index in [-0.39, 0.29) is 18.4 Å². The lowest BCUT2D eigenvalue weighted by atomic mass is 9.97. The van der Waals surface area contributed by atoms with Crippen LogP contribution in [0.15, 0.2) is 18.2 Å². The first-order chi connectivity index (χ1) is 8.84. The minimum absolute atomic E-state index is 0.141. The molecule has 1 atom stereocenters. The molecule has 1 aromatic carbocycles. The smallest absolute Gasteiger partial charge is 0.368 e. The molecule has 0 aliphatic carbocycles. The van der Waals surface area contributed by atoms with Crippen LogP contribution in [0.4, 0.5) is 18.9 Å². The lowest BCUT2D eigenvalue weighted by Gasteiger charge is -2.24. The molecule has 19 heavy (non-hydrogen) atoms. The highest BCUT2D eigenvalue weighted by Gasteiger charge is 2.35. The van der Waals surface area contributed by atoms with Gasteiger partial charge in [-0.25, -0.2) is 0 Å². The van der Waals surface area contributed by atoms with Crippen LogP contribution >= 0.6 is 0 Å². The molecule has 0 saturated carbocycles. The number of carbonyl (C=O) groups is 1. The van der Waals surface area contributed by atoms with Gasteiger partial charge in [0.05, 0.1) is 5.56 Å². The minimum atomic E-state index is -4.34. The van der Waals surface area contributed by atoms with Crippen LogP contribution in [0.1, 0.15) is 37.3 Å². The molecule has 0 N–H and O–H groups in total. The molecular weight excluding hydrogens is 255 g/mol. The first-order valence-corrected chi connectivity index (χ1v) is 6.26. The number of hydrogen-bond donors (Lipinski definition) is 0. The molecule has 1 aliphatic heterocycles. The van der Waals surface area contributed by atoms with Crippen molar-refractivity contribution in [1.82, 2.24) is 0 Å². The van der Waals surface area contributed by atoms with Crippen molar-refractivity contribution >= 4 is 12.0 Å². The molecule has 0 radical (unpaired) electrons. The predicted molar refractivity (Wildman–Crippen MR) is 67.3 cm³/mol. The average molecular weight is 271 g/mol. The molecular formula is C14H16F3NO. The topological polar surface area (TPSA) is 20.3 Å². The Labute approximate surface area is 110 Å². The molecule has 0 bridgehead atoms. The molecule has 0 spiro atoms.